The highest BCUT2D eigenvalue weighted by molar-refractivity contribution is 5.78. The molecule has 0 saturated heterocycles. The Labute approximate surface area is 124 Å². The van der Waals surface area contributed by atoms with Gasteiger partial charge in [0.1, 0.15) is 5.76 Å². The number of nitrogens with one attached hydrogen (secondary N) is 2. The van der Waals surface area contributed by atoms with E-state index in [1.54, 1.807) is 6.20 Å². The van der Waals surface area contributed by atoms with Crippen molar-refractivity contribution >= 4 is 11.6 Å². The maximum absolute atomic E-state index is 11.5. The fourth-order valence-electron chi connectivity index (χ4n) is 1.96. The smallest absolute Gasteiger partial charge is 0.224 e. The predicted molar refractivity (Wildman–Crippen MR) is 82.0 cm³/mol. The molecule has 0 unspecified atom stereocenters. The quantitative estimate of drug-likeness (QED) is 0.821. The molecular weight excluding hydrogens is 266 g/mol. The number of anilines is 1. The summed E-state index contributed by atoms with van der Waals surface area (Å²) in [6, 6.07) is 7.81. The van der Waals surface area contributed by atoms with Crippen molar-refractivity contribution in [2.75, 3.05) is 11.9 Å². The molecule has 2 rings (SSSR count). The van der Waals surface area contributed by atoms with E-state index >= 15 is 0 Å². The van der Waals surface area contributed by atoms with Crippen molar-refractivity contribution in [3.63, 3.8) is 0 Å². The number of hydrogen-bond acceptors (Lipinski definition) is 4. The lowest BCUT2D eigenvalue weighted by Gasteiger charge is -2.06. The van der Waals surface area contributed by atoms with E-state index in [1.165, 1.54) is 0 Å². The van der Waals surface area contributed by atoms with Gasteiger partial charge < -0.3 is 15.1 Å². The Morgan fingerprint density at radius 2 is 2.00 bits per heavy atom. The summed E-state index contributed by atoms with van der Waals surface area (Å²) in [5.74, 6) is 1.62. The van der Waals surface area contributed by atoms with Crippen molar-refractivity contribution in [3.8, 4) is 0 Å². The molecule has 1 aromatic heterocycles. The number of carbonyl (C=O) groups excluding carboxylic acids is 1. The lowest BCUT2D eigenvalue weighted by atomic mass is 10.1. The third kappa shape index (κ3) is 4.63. The molecule has 0 fully saturated rings. The van der Waals surface area contributed by atoms with E-state index in [2.05, 4.69) is 15.6 Å². The van der Waals surface area contributed by atoms with Crippen LogP contribution in [0.25, 0.3) is 0 Å². The van der Waals surface area contributed by atoms with Crippen LogP contribution >= 0.6 is 0 Å². The summed E-state index contributed by atoms with van der Waals surface area (Å²) in [6.45, 7) is 5.16. The Balaban J connectivity index is 1.85. The number of benzene rings is 1. The van der Waals surface area contributed by atoms with Gasteiger partial charge in [-0.15, -0.1) is 0 Å². The molecule has 1 heterocycles. The highest BCUT2D eigenvalue weighted by Crippen LogP contribution is 2.12. The minimum absolute atomic E-state index is 0.0464. The first-order valence-electron chi connectivity index (χ1n) is 7.24. The Bertz CT molecular complexity index is 575. The molecule has 5 heteroatoms. The molecule has 0 aliphatic heterocycles. The molecule has 0 radical (unpaired) electrons. The van der Waals surface area contributed by atoms with E-state index in [9.17, 15) is 4.79 Å². The van der Waals surface area contributed by atoms with Gasteiger partial charge in [0.2, 0.25) is 11.8 Å². The van der Waals surface area contributed by atoms with E-state index in [1.807, 2.05) is 38.1 Å². The van der Waals surface area contributed by atoms with E-state index in [0.717, 1.165) is 23.4 Å². The summed E-state index contributed by atoms with van der Waals surface area (Å²) in [6.07, 6.45) is 3.02. The second-order valence-electron chi connectivity index (χ2n) is 4.75. The maximum atomic E-state index is 11.5. The number of aromatic nitrogens is 1. The standard InChI is InChI=1S/C16H21N3O2/c1-3-14-10-19-16(21-14)11-18-13-7-5-12(6-8-13)9-15(20)17-4-2/h5-8,10,18H,3-4,9,11H2,1-2H3,(H,17,20). The van der Waals surface area contributed by atoms with Crippen LogP contribution in [0.5, 0.6) is 0 Å². The normalized spacial score (nSPS) is 10.4. The van der Waals surface area contributed by atoms with Crippen molar-refractivity contribution in [2.24, 2.45) is 0 Å². The number of amides is 1. The van der Waals surface area contributed by atoms with Crippen molar-refractivity contribution < 1.29 is 9.21 Å². The number of hydrogen-bond donors (Lipinski definition) is 2. The zero-order valence-electron chi connectivity index (χ0n) is 12.5. The van der Waals surface area contributed by atoms with Crippen LogP contribution in [0.15, 0.2) is 34.9 Å². The van der Waals surface area contributed by atoms with Crippen LogP contribution in [-0.4, -0.2) is 17.4 Å². The fraction of sp³-hybridized carbons (Fsp3) is 0.375. The second-order valence-corrected chi connectivity index (χ2v) is 4.75. The number of nitrogens with zero attached hydrogens (tertiary/aromatic N) is 1. The van der Waals surface area contributed by atoms with Gasteiger partial charge >= 0.3 is 0 Å². The molecule has 0 aliphatic carbocycles. The van der Waals surface area contributed by atoms with Gasteiger partial charge in [0.25, 0.3) is 0 Å². The van der Waals surface area contributed by atoms with Crippen LogP contribution in [0.3, 0.4) is 0 Å². The van der Waals surface area contributed by atoms with E-state index in [-0.39, 0.29) is 5.91 Å². The molecule has 0 atom stereocenters. The summed E-state index contributed by atoms with van der Waals surface area (Å²) in [5, 5.41) is 6.04. The van der Waals surface area contributed by atoms with Crippen molar-refractivity contribution in [1.82, 2.24) is 10.3 Å². The number of aryl methyl sites for hydroxylation is 1. The Morgan fingerprint density at radius 1 is 1.24 bits per heavy atom. The molecular formula is C16H21N3O2. The fourth-order valence-corrected chi connectivity index (χ4v) is 1.96. The van der Waals surface area contributed by atoms with E-state index in [4.69, 9.17) is 4.42 Å². The molecule has 0 aliphatic rings. The van der Waals surface area contributed by atoms with Crippen LogP contribution < -0.4 is 10.6 Å². The Kier molecular flexibility index (Phi) is 5.37. The summed E-state index contributed by atoms with van der Waals surface area (Å²) < 4.78 is 5.53. The highest BCUT2D eigenvalue weighted by Gasteiger charge is 2.04. The largest absolute Gasteiger partial charge is 0.444 e. The van der Waals surface area contributed by atoms with Crippen LogP contribution in [-0.2, 0) is 24.2 Å². The van der Waals surface area contributed by atoms with Gasteiger partial charge in [-0.3, -0.25) is 4.79 Å². The molecule has 1 aromatic carbocycles. The molecule has 0 saturated carbocycles. The average Bonchev–Trinajstić information content (AvgIpc) is 2.95. The maximum Gasteiger partial charge on any atom is 0.224 e. The zero-order chi connectivity index (χ0) is 15.1. The first-order valence-corrected chi connectivity index (χ1v) is 7.24. The third-order valence-corrected chi connectivity index (χ3v) is 3.09. The minimum atomic E-state index is 0.0464. The van der Waals surface area contributed by atoms with Crippen LogP contribution in [0.2, 0.25) is 0 Å². The average molecular weight is 287 g/mol. The molecule has 0 bridgehead atoms. The summed E-state index contributed by atoms with van der Waals surface area (Å²) in [7, 11) is 0. The SMILES string of the molecule is CCNC(=O)Cc1ccc(NCc2ncc(CC)o2)cc1. The summed E-state index contributed by atoms with van der Waals surface area (Å²) in [5.41, 5.74) is 1.97. The number of likely N-dealkylation sites (N-methyl/N-ethyl adjacent to an activating group) is 1. The van der Waals surface area contributed by atoms with Crippen molar-refractivity contribution in [3.05, 3.63) is 47.7 Å². The van der Waals surface area contributed by atoms with Gasteiger partial charge in [0.15, 0.2) is 0 Å². The van der Waals surface area contributed by atoms with Gasteiger partial charge in [0, 0.05) is 18.7 Å². The van der Waals surface area contributed by atoms with Crippen molar-refractivity contribution in [2.45, 2.75) is 33.2 Å². The van der Waals surface area contributed by atoms with Gasteiger partial charge in [-0.05, 0) is 24.6 Å². The van der Waals surface area contributed by atoms with Gasteiger partial charge in [-0.1, -0.05) is 19.1 Å². The Hall–Kier alpha value is -2.30. The molecule has 21 heavy (non-hydrogen) atoms. The predicted octanol–water partition coefficient (Wildman–Crippen LogP) is 2.53. The third-order valence-electron chi connectivity index (χ3n) is 3.09. The van der Waals surface area contributed by atoms with Gasteiger partial charge in [-0.25, -0.2) is 4.98 Å². The van der Waals surface area contributed by atoms with Crippen molar-refractivity contribution in [1.29, 1.82) is 0 Å². The molecule has 0 spiro atoms. The van der Waals surface area contributed by atoms with Gasteiger partial charge in [0.05, 0.1) is 19.2 Å². The number of carbonyl (C=O) groups is 1. The zero-order valence-corrected chi connectivity index (χ0v) is 12.5. The lowest BCUT2D eigenvalue weighted by molar-refractivity contribution is -0.120. The van der Waals surface area contributed by atoms with Gasteiger partial charge in [-0.2, -0.15) is 0 Å². The minimum Gasteiger partial charge on any atom is -0.444 e. The summed E-state index contributed by atoms with van der Waals surface area (Å²) >= 11 is 0. The van der Waals surface area contributed by atoms with Crippen LogP contribution in [0.1, 0.15) is 31.1 Å². The molecule has 112 valence electrons. The molecule has 1 amide bonds. The Morgan fingerprint density at radius 3 is 2.62 bits per heavy atom. The van der Waals surface area contributed by atoms with E-state index < -0.39 is 0 Å². The first-order chi connectivity index (χ1) is 10.2. The molecule has 2 aromatic rings. The van der Waals surface area contributed by atoms with Crippen LogP contribution in [0, 0.1) is 0 Å². The monoisotopic (exact) mass is 287 g/mol. The first kappa shape index (κ1) is 15.1. The number of rotatable bonds is 7. The van der Waals surface area contributed by atoms with Crippen LogP contribution in [0.4, 0.5) is 5.69 Å². The number of oxazole rings is 1. The molecule has 2 N–H and O–H groups in total. The van der Waals surface area contributed by atoms with E-state index in [0.29, 0.717) is 25.4 Å². The second kappa shape index (κ2) is 7.47. The highest BCUT2D eigenvalue weighted by atomic mass is 16.4. The topological polar surface area (TPSA) is 67.2 Å². The summed E-state index contributed by atoms with van der Waals surface area (Å²) in [4.78, 5) is 15.7. The lowest BCUT2D eigenvalue weighted by Crippen LogP contribution is -2.24. The molecule has 5 nitrogen and oxygen atoms in total.